The molecule has 1 aliphatic carbocycles. The molecular formula is C18H20N2O3. The second-order valence-corrected chi connectivity index (χ2v) is 6.41. The quantitative estimate of drug-likeness (QED) is 0.941. The fourth-order valence-electron chi connectivity index (χ4n) is 3.91. The topological polar surface area (TPSA) is 64.4 Å². The van der Waals surface area contributed by atoms with Gasteiger partial charge in [0.15, 0.2) is 6.39 Å². The molecule has 1 saturated heterocycles. The summed E-state index contributed by atoms with van der Waals surface area (Å²) in [7, 11) is 0. The number of nitrogens with one attached hydrogen (secondary N) is 1. The number of aryl methyl sites for hydroxylation is 1. The molecule has 5 heteroatoms. The third-order valence-corrected chi connectivity index (χ3v) is 5.09. The molecule has 1 amide bonds. The summed E-state index contributed by atoms with van der Waals surface area (Å²) in [5, 5.41) is 3.15. The zero-order chi connectivity index (χ0) is 15.8. The number of hydrogen-bond donors (Lipinski definition) is 1. The van der Waals surface area contributed by atoms with Crippen LogP contribution in [0.3, 0.4) is 0 Å². The molecule has 23 heavy (non-hydrogen) atoms. The van der Waals surface area contributed by atoms with E-state index in [4.69, 9.17) is 9.15 Å². The lowest BCUT2D eigenvalue weighted by Crippen LogP contribution is -2.62. The van der Waals surface area contributed by atoms with Crippen molar-refractivity contribution < 1.29 is 13.9 Å². The van der Waals surface area contributed by atoms with E-state index in [0.29, 0.717) is 23.3 Å². The first-order valence-electron chi connectivity index (χ1n) is 8.10. The van der Waals surface area contributed by atoms with Gasteiger partial charge in [-0.3, -0.25) is 4.79 Å². The van der Waals surface area contributed by atoms with E-state index in [1.165, 1.54) is 12.0 Å². The van der Waals surface area contributed by atoms with Crippen LogP contribution in [0.15, 0.2) is 41.1 Å². The predicted octanol–water partition coefficient (Wildman–Crippen LogP) is 2.36. The van der Waals surface area contributed by atoms with Crippen molar-refractivity contribution in [1.82, 2.24) is 10.3 Å². The fourth-order valence-corrected chi connectivity index (χ4v) is 3.91. The highest BCUT2D eigenvalue weighted by Gasteiger charge is 2.54. The van der Waals surface area contributed by atoms with Gasteiger partial charge in [0.2, 0.25) is 5.76 Å². The van der Waals surface area contributed by atoms with Gasteiger partial charge in [0.1, 0.15) is 0 Å². The zero-order valence-corrected chi connectivity index (χ0v) is 13.1. The Bertz CT molecular complexity index is 697. The van der Waals surface area contributed by atoms with Gasteiger partial charge in [-0.15, -0.1) is 0 Å². The predicted molar refractivity (Wildman–Crippen MR) is 84.0 cm³/mol. The van der Waals surface area contributed by atoms with E-state index in [1.54, 1.807) is 6.92 Å². The number of oxazole rings is 1. The summed E-state index contributed by atoms with van der Waals surface area (Å²) in [5.74, 6) is 0.868. The molecule has 1 aromatic heterocycles. The lowest BCUT2D eigenvalue weighted by atomic mass is 9.64. The maximum atomic E-state index is 12.4. The summed E-state index contributed by atoms with van der Waals surface area (Å²) < 4.78 is 11.1. The van der Waals surface area contributed by atoms with Crippen molar-refractivity contribution in [3.8, 4) is 0 Å². The lowest BCUT2D eigenvalue weighted by Gasteiger charge is -2.48. The summed E-state index contributed by atoms with van der Waals surface area (Å²) in [5.41, 5.74) is 1.90. The first-order valence-corrected chi connectivity index (χ1v) is 8.10. The molecule has 0 bridgehead atoms. The number of benzene rings is 1. The van der Waals surface area contributed by atoms with Gasteiger partial charge < -0.3 is 14.5 Å². The van der Waals surface area contributed by atoms with Crippen LogP contribution < -0.4 is 5.32 Å². The number of aromatic nitrogens is 1. The standard InChI is InChI=1S/C18H20N2O3/c1-11-16(23-10-19-11)18(21)20-15-13-7-8-22-17(13)14(15)9-12-5-3-2-4-6-12/h2-6,10,13-15,17H,7-9H2,1H3,(H,20,21)/t13-,14+,15-,17-/m0/s1. The number of ether oxygens (including phenoxy) is 1. The van der Waals surface area contributed by atoms with Crippen LogP contribution in [0.1, 0.15) is 28.2 Å². The van der Waals surface area contributed by atoms with Crippen molar-refractivity contribution >= 4 is 5.91 Å². The summed E-state index contributed by atoms with van der Waals surface area (Å²) in [6.07, 6.45) is 3.50. The Hall–Kier alpha value is -2.14. The average Bonchev–Trinajstić information content (AvgIpc) is 3.18. The van der Waals surface area contributed by atoms with Crippen LogP contribution in [0.2, 0.25) is 0 Å². The molecule has 4 atom stereocenters. The minimum Gasteiger partial charge on any atom is -0.438 e. The Labute approximate surface area is 135 Å². The van der Waals surface area contributed by atoms with Crippen LogP contribution >= 0.6 is 0 Å². The van der Waals surface area contributed by atoms with Gasteiger partial charge in [-0.25, -0.2) is 4.98 Å². The third kappa shape index (κ3) is 2.55. The van der Waals surface area contributed by atoms with Crippen LogP contribution in [-0.4, -0.2) is 29.6 Å². The first kappa shape index (κ1) is 14.5. The number of fused-ring (bicyclic) bond motifs is 1. The number of rotatable bonds is 4. The molecule has 2 heterocycles. The number of carbonyl (C=O) groups excluding carboxylic acids is 1. The molecule has 4 rings (SSSR count). The van der Waals surface area contributed by atoms with Gasteiger partial charge in [0.25, 0.3) is 5.91 Å². The average molecular weight is 312 g/mol. The van der Waals surface area contributed by atoms with Crippen molar-refractivity contribution in [1.29, 1.82) is 0 Å². The molecule has 0 spiro atoms. The summed E-state index contributed by atoms with van der Waals surface area (Å²) in [4.78, 5) is 16.4. The Kier molecular flexibility index (Phi) is 3.65. The molecule has 120 valence electrons. The van der Waals surface area contributed by atoms with E-state index >= 15 is 0 Å². The number of nitrogens with zero attached hydrogens (tertiary/aromatic N) is 1. The minimum atomic E-state index is -0.173. The summed E-state index contributed by atoms with van der Waals surface area (Å²) >= 11 is 0. The Morgan fingerprint density at radius 3 is 2.91 bits per heavy atom. The van der Waals surface area contributed by atoms with Crippen LogP contribution in [0, 0.1) is 18.8 Å². The molecule has 1 aromatic carbocycles. The highest BCUT2D eigenvalue weighted by atomic mass is 16.5. The molecular weight excluding hydrogens is 292 g/mol. The second kappa shape index (κ2) is 5.81. The van der Waals surface area contributed by atoms with Crippen molar-refractivity contribution in [3.05, 3.63) is 53.7 Å². The number of hydrogen-bond acceptors (Lipinski definition) is 4. The Morgan fingerprint density at radius 2 is 2.17 bits per heavy atom. The van der Waals surface area contributed by atoms with Crippen molar-refractivity contribution in [2.45, 2.75) is 31.9 Å². The van der Waals surface area contributed by atoms with Crippen molar-refractivity contribution in [3.63, 3.8) is 0 Å². The van der Waals surface area contributed by atoms with Gasteiger partial charge >= 0.3 is 0 Å². The Morgan fingerprint density at radius 1 is 1.35 bits per heavy atom. The maximum absolute atomic E-state index is 12.4. The summed E-state index contributed by atoms with van der Waals surface area (Å²) in [6, 6.07) is 10.5. The second-order valence-electron chi connectivity index (χ2n) is 6.41. The van der Waals surface area contributed by atoms with E-state index in [2.05, 4.69) is 22.4 Å². The largest absolute Gasteiger partial charge is 0.438 e. The highest BCUT2D eigenvalue weighted by Crippen LogP contribution is 2.45. The molecule has 2 aliphatic rings. The van der Waals surface area contributed by atoms with Crippen LogP contribution in [0.5, 0.6) is 0 Å². The smallest absolute Gasteiger partial charge is 0.289 e. The van der Waals surface area contributed by atoms with Crippen LogP contribution in [-0.2, 0) is 11.2 Å². The van der Waals surface area contributed by atoms with Crippen LogP contribution in [0.25, 0.3) is 0 Å². The lowest BCUT2D eigenvalue weighted by molar-refractivity contribution is -0.0530. The molecule has 0 radical (unpaired) electrons. The molecule has 2 aromatic rings. The van der Waals surface area contributed by atoms with E-state index < -0.39 is 0 Å². The summed E-state index contributed by atoms with van der Waals surface area (Å²) in [6.45, 7) is 2.57. The SMILES string of the molecule is Cc1ncoc1C(=O)N[C@@H]1[C@@H](Cc2ccccc2)[C@H]2OCC[C@@H]12. The number of amides is 1. The van der Waals surface area contributed by atoms with Gasteiger partial charge in [-0.1, -0.05) is 30.3 Å². The number of carbonyl (C=O) groups is 1. The monoisotopic (exact) mass is 312 g/mol. The molecule has 1 aliphatic heterocycles. The van der Waals surface area contributed by atoms with E-state index in [1.807, 2.05) is 18.2 Å². The van der Waals surface area contributed by atoms with E-state index in [-0.39, 0.29) is 18.1 Å². The molecule has 0 unspecified atom stereocenters. The van der Waals surface area contributed by atoms with Crippen molar-refractivity contribution in [2.75, 3.05) is 6.61 Å². The van der Waals surface area contributed by atoms with Gasteiger partial charge in [0.05, 0.1) is 11.8 Å². The van der Waals surface area contributed by atoms with Gasteiger partial charge in [-0.05, 0) is 25.3 Å². The van der Waals surface area contributed by atoms with Gasteiger partial charge in [-0.2, -0.15) is 0 Å². The molecule has 1 saturated carbocycles. The fraction of sp³-hybridized carbons (Fsp3) is 0.444. The first-order chi connectivity index (χ1) is 11.2. The van der Waals surface area contributed by atoms with E-state index in [9.17, 15) is 4.79 Å². The zero-order valence-electron chi connectivity index (χ0n) is 13.1. The maximum Gasteiger partial charge on any atom is 0.289 e. The van der Waals surface area contributed by atoms with Crippen molar-refractivity contribution in [2.24, 2.45) is 11.8 Å². The van der Waals surface area contributed by atoms with E-state index in [0.717, 1.165) is 19.4 Å². The third-order valence-electron chi connectivity index (χ3n) is 5.09. The molecule has 2 fully saturated rings. The Balaban J connectivity index is 1.49. The minimum absolute atomic E-state index is 0.139. The van der Waals surface area contributed by atoms with Crippen LogP contribution in [0.4, 0.5) is 0 Å². The molecule has 1 N–H and O–H groups in total. The molecule has 5 nitrogen and oxygen atoms in total. The highest BCUT2D eigenvalue weighted by molar-refractivity contribution is 5.92. The normalized spacial score (nSPS) is 28.9. The van der Waals surface area contributed by atoms with Gasteiger partial charge in [0, 0.05) is 24.5 Å².